The van der Waals surface area contributed by atoms with Gasteiger partial charge in [-0.2, -0.15) is 13.2 Å². The summed E-state index contributed by atoms with van der Waals surface area (Å²) in [6, 6.07) is 8.76. The second-order valence-electron chi connectivity index (χ2n) is 10.6. The molecule has 0 spiro atoms. The summed E-state index contributed by atoms with van der Waals surface area (Å²) in [7, 11) is -3.42. The predicted molar refractivity (Wildman–Crippen MR) is 146 cm³/mol. The van der Waals surface area contributed by atoms with Gasteiger partial charge in [-0.15, -0.1) is 0 Å². The maximum absolute atomic E-state index is 13.1. The van der Waals surface area contributed by atoms with Crippen molar-refractivity contribution in [1.82, 2.24) is 15.0 Å². The summed E-state index contributed by atoms with van der Waals surface area (Å²) in [6.45, 7) is 3.51. The van der Waals surface area contributed by atoms with E-state index in [4.69, 9.17) is 4.74 Å². The fraction of sp³-hybridized carbons (Fsp3) is 0.429. The van der Waals surface area contributed by atoms with E-state index in [0.29, 0.717) is 48.5 Å². The van der Waals surface area contributed by atoms with Crippen molar-refractivity contribution in [3.63, 3.8) is 0 Å². The number of nitrogens with zero attached hydrogens (tertiary/aromatic N) is 3. The quantitative estimate of drug-likeness (QED) is 0.340. The number of carbonyl (C=O) groups is 1. The lowest BCUT2D eigenvalue weighted by Gasteiger charge is -2.37. The highest BCUT2D eigenvalue weighted by Crippen LogP contribution is 2.41. The first-order valence-electron chi connectivity index (χ1n) is 12.9. The highest BCUT2D eigenvalue weighted by atomic mass is 32.2. The number of aryl methyl sites for hydroxylation is 1. The summed E-state index contributed by atoms with van der Waals surface area (Å²) in [6.07, 6.45) is 1.15. The Kier molecular flexibility index (Phi) is 8.69. The molecule has 0 aromatic carbocycles. The molecule has 220 valence electrons. The maximum atomic E-state index is 13.1. The standard InChI is InChI=1S/C28H31F3N4O5S/c1-17-12-22(34-25(13-17)35-24-14-21(10-11-32-24)28(29,30)31)19-6-9-23(33-15-19)27(2,37)20-7-4-18(5-8-20)26(36)40-16-41(3,38)39/h6,9-15,18,20,37H,4-5,7-8,16H2,1-3H3,(H,32,34,35)/t18?,20?,27-/m1/s1. The monoisotopic (exact) mass is 592 g/mol. The van der Waals surface area contributed by atoms with Gasteiger partial charge >= 0.3 is 12.1 Å². The number of hydrogen-bond donors (Lipinski definition) is 2. The van der Waals surface area contributed by atoms with Crippen molar-refractivity contribution in [1.29, 1.82) is 0 Å². The van der Waals surface area contributed by atoms with Crippen LogP contribution in [0.15, 0.2) is 48.8 Å². The van der Waals surface area contributed by atoms with Crippen molar-refractivity contribution in [2.75, 3.05) is 17.5 Å². The first kappa shape index (κ1) is 30.4. The van der Waals surface area contributed by atoms with E-state index < -0.39 is 45.0 Å². The number of hydrogen-bond acceptors (Lipinski definition) is 9. The highest BCUT2D eigenvalue weighted by Gasteiger charge is 2.39. The Morgan fingerprint density at radius 3 is 2.39 bits per heavy atom. The van der Waals surface area contributed by atoms with Crippen molar-refractivity contribution in [2.24, 2.45) is 11.8 Å². The van der Waals surface area contributed by atoms with Gasteiger partial charge in [0.05, 0.1) is 22.9 Å². The average molecular weight is 593 g/mol. The zero-order valence-electron chi connectivity index (χ0n) is 22.8. The van der Waals surface area contributed by atoms with Crippen LogP contribution in [0.5, 0.6) is 0 Å². The Hall–Kier alpha value is -3.58. The summed E-state index contributed by atoms with van der Waals surface area (Å²) in [5.41, 5.74) is 0.338. The Morgan fingerprint density at radius 2 is 1.78 bits per heavy atom. The fourth-order valence-electron chi connectivity index (χ4n) is 4.91. The molecule has 1 fully saturated rings. The average Bonchev–Trinajstić information content (AvgIpc) is 2.91. The summed E-state index contributed by atoms with van der Waals surface area (Å²) in [5, 5.41) is 14.2. The summed E-state index contributed by atoms with van der Waals surface area (Å²) < 4.78 is 66.7. The fourth-order valence-corrected chi connectivity index (χ4v) is 5.24. The van der Waals surface area contributed by atoms with Gasteiger partial charge in [-0.3, -0.25) is 9.78 Å². The third-order valence-electron chi connectivity index (χ3n) is 7.16. The first-order valence-corrected chi connectivity index (χ1v) is 15.0. The first-order chi connectivity index (χ1) is 19.1. The van der Waals surface area contributed by atoms with E-state index in [2.05, 4.69) is 20.3 Å². The number of aromatic nitrogens is 3. The van der Waals surface area contributed by atoms with E-state index in [1.165, 1.54) is 0 Å². The lowest BCUT2D eigenvalue weighted by Crippen LogP contribution is -2.37. The summed E-state index contributed by atoms with van der Waals surface area (Å²) in [5.74, 6) is -1.45. The Labute approximate surface area is 236 Å². The molecule has 0 amide bonds. The molecule has 3 aromatic rings. The van der Waals surface area contributed by atoms with Gasteiger partial charge in [-0.25, -0.2) is 18.4 Å². The van der Waals surface area contributed by atoms with Crippen molar-refractivity contribution in [2.45, 2.75) is 51.3 Å². The van der Waals surface area contributed by atoms with Crippen molar-refractivity contribution >= 4 is 27.4 Å². The van der Waals surface area contributed by atoms with E-state index in [-0.39, 0.29) is 11.7 Å². The number of anilines is 2. The molecule has 1 aliphatic rings. The number of pyridine rings is 3. The molecule has 0 saturated heterocycles. The number of rotatable bonds is 8. The number of nitrogens with one attached hydrogen (secondary N) is 1. The van der Waals surface area contributed by atoms with E-state index >= 15 is 0 Å². The predicted octanol–water partition coefficient (Wildman–Crippen LogP) is 5.17. The molecule has 1 saturated carbocycles. The second kappa shape index (κ2) is 11.7. The SMILES string of the molecule is Cc1cc(Nc2cc(C(F)(F)F)ccn2)nc(-c2ccc([C@](C)(O)C3CCC(C(=O)OCS(C)(=O)=O)CC3)nc2)c1. The molecule has 9 nitrogen and oxygen atoms in total. The minimum Gasteiger partial charge on any atom is -0.449 e. The zero-order chi connectivity index (χ0) is 30.0. The van der Waals surface area contributed by atoms with Crippen LogP contribution >= 0.6 is 0 Å². The van der Waals surface area contributed by atoms with E-state index in [1.807, 2.05) is 13.0 Å². The van der Waals surface area contributed by atoms with Crippen LogP contribution in [0.3, 0.4) is 0 Å². The van der Waals surface area contributed by atoms with Crippen LogP contribution in [0.1, 0.15) is 49.4 Å². The van der Waals surface area contributed by atoms with E-state index in [9.17, 15) is 31.5 Å². The molecule has 0 bridgehead atoms. The normalized spacial score (nSPS) is 19.3. The Bertz CT molecular complexity index is 1500. The molecule has 0 aliphatic heterocycles. The molecule has 3 aromatic heterocycles. The van der Waals surface area contributed by atoms with Crippen LogP contribution in [0.25, 0.3) is 11.3 Å². The molecule has 2 N–H and O–H groups in total. The number of ether oxygens (including phenoxy) is 1. The molecular weight excluding hydrogens is 561 g/mol. The van der Waals surface area contributed by atoms with Crippen LogP contribution in [0.4, 0.5) is 24.8 Å². The Morgan fingerprint density at radius 1 is 1.07 bits per heavy atom. The smallest absolute Gasteiger partial charge is 0.416 e. The lowest BCUT2D eigenvalue weighted by molar-refractivity contribution is -0.149. The number of halogens is 3. The molecule has 13 heteroatoms. The Balaban J connectivity index is 1.44. The molecule has 0 radical (unpaired) electrons. The molecule has 0 unspecified atom stereocenters. The van der Waals surface area contributed by atoms with Gasteiger partial charge in [0.15, 0.2) is 15.8 Å². The maximum Gasteiger partial charge on any atom is 0.416 e. The molecule has 41 heavy (non-hydrogen) atoms. The van der Waals surface area contributed by atoms with Gasteiger partial charge < -0.3 is 15.2 Å². The summed E-state index contributed by atoms with van der Waals surface area (Å²) in [4.78, 5) is 25.2. The van der Waals surface area contributed by atoms with E-state index in [1.54, 1.807) is 31.3 Å². The van der Waals surface area contributed by atoms with Crippen LogP contribution in [-0.2, 0) is 31.1 Å². The molecular formula is C28H31F3N4O5S. The number of aliphatic hydroxyl groups is 1. The molecule has 1 aliphatic carbocycles. The van der Waals surface area contributed by atoms with Gasteiger partial charge in [-0.05, 0) is 87.4 Å². The summed E-state index contributed by atoms with van der Waals surface area (Å²) >= 11 is 0. The van der Waals surface area contributed by atoms with Gasteiger partial charge in [0, 0.05) is 24.2 Å². The van der Waals surface area contributed by atoms with Crippen LogP contribution in [-0.4, -0.2) is 46.6 Å². The number of esters is 1. The number of alkyl halides is 3. The molecule has 4 rings (SSSR count). The van der Waals surface area contributed by atoms with E-state index in [0.717, 1.165) is 30.1 Å². The van der Waals surface area contributed by atoms with Crippen LogP contribution in [0, 0.1) is 18.8 Å². The van der Waals surface area contributed by atoms with Crippen LogP contribution < -0.4 is 5.32 Å². The van der Waals surface area contributed by atoms with Gasteiger partial charge in [0.25, 0.3) is 0 Å². The van der Waals surface area contributed by atoms with Crippen molar-refractivity contribution in [3.05, 3.63) is 65.6 Å². The van der Waals surface area contributed by atoms with Gasteiger partial charge in [-0.1, -0.05) is 0 Å². The van der Waals surface area contributed by atoms with Crippen LogP contribution in [0.2, 0.25) is 0 Å². The lowest BCUT2D eigenvalue weighted by atomic mass is 9.73. The molecule has 3 heterocycles. The van der Waals surface area contributed by atoms with Crippen molar-refractivity contribution < 1.29 is 36.2 Å². The number of sulfone groups is 1. The van der Waals surface area contributed by atoms with Crippen molar-refractivity contribution in [3.8, 4) is 11.3 Å². The topological polar surface area (TPSA) is 131 Å². The van der Waals surface area contributed by atoms with Gasteiger partial charge in [0.1, 0.15) is 17.2 Å². The number of carbonyl (C=O) groups excluding carboxylic acids is 1. The third-order valence-corrected chi connectivity index (χ3v) is 7.71. The highest BCUT2D eigenvalue weighted by molar-refractivity contribution is 7.90. The zero-order valence-corrected chi connectivity index (χ0v) is 23.6. The van der Waals surface area contributed by atoms with Gasteiger partial charge in [0.2, 0.25) is 0 Å². The second-order valence-corrected chi connectivity index (χ2v) is 12.7. The third kappa shape index (κ3) is 7.79. The largest absolute Gasteiger partial charge is 0.449 e. The molecule has 1 atom stereocenters. The minimum atomic E-state index is -4.50. The minimum absolute atomic E-state index is 0.00627.